The summed E-state index contributed by atoms with van der Waals surface area (Å²) in [5.41, 5.74) is -0.727. The zero-order valence-corrected chi connectivity index (χ0v) is 22.1. The molecule has 2 saturated heterocycles. The summed E-state index contributed by atoms with van der Waals surface area (Å²) in [6, 6.07) is 17.4. The SMILES string of the molecule is C[C@H](CO)N1C(=O)[C@@H]2[C@@H]3C(=O)N(c4ccccc4)CC=C[C@]3(C)O[C@@]23C=CCN(Cc2ccccc2)C(=O)C13. The molecule has 3 amide bonds. The van der Waals surface area contributed by atoms with Gasteiger partial charge in [-0.05, 0) is 31.5 Å². The summed E-state index contributed by atoms with van der Waals surface area (Å²) in [4.78, 5) is 47.8. The Hall–Kier alpha value is -3.75. The van der Waals surface area contributed by atoms with Gasteiger partial charge in [0, 0.05) is 25.3 Å². The number of likely N-dealkylation sites (tertiary alicyclic amines) is 1. The van der Waals surface area contributed by atoms with Gasteiger partial charge in [-0.2, -0.15) is 0 Å². The number of carbonyl (C=O) groups excluding carboxylic acids is 3. The van der Waals surface area contributed by atoms with Crippen molar-refractivity contribution < 1.29 is 24.2 Å². The third kappa shape index (κ3) is 3.85. The monoisotopic (exact) mass is 527 g/mol. The molecule has 0 saturated carbocycles. The lowest BCUT2D eigenvalue weighted by molar-refractivity contribution is -0.154. The lowest BCUT2D eigenvalue weighted by atomic mass is 9.74. The van der Waals surface area contributed by atoms with Crippen LogP contribution in [0.5, 0.6) is 0 Å². The fraction of sp³-hybridized carbons (Fsp3) is 0.387. The van der Waals surface area contributed by atoms with Gasteiger partial charge in [0.2, 0.25) is 17.7 Å². The molecule has 0 aliphatic carbocycles. The Kier molecular flexibility index (Phi) is 6.19. The number of para-hydroxylation sites is 1. The second-order valence-corrected chi connectivity index (χ2v) is 11.1. The average molecular weight is 528 g/mol. The maximum Gasteiger partial charge on any atom is 0.249 e. The van der Waals surface area contributed by atoms with Gasteiger partial charge in [-0.1, -0.05) is 72.8 Å². The van der Waals surface area contributed by atoms with Crippen molar-refractivity contribution in [2.24, 2.45) is 11.8 Å². The second kappa shape index (κ2) is 9.47. The van der Waals surface area contributed by atoms with Gasteiger partial charge in [-0.3, -0.25) is 14.4 Å². The van der Waals surface area contributed by atoms with E-state index in [-0.39, 0.29) is 24.3 Å². The van der Waals surface area contributed by atoms with E-state index in [0.29, 0.717) is 19.6 Å². The molecule has 0 radical (unpaired) electrons. The maximum absolute atomic E-state index is 14.3. The molecule has 6 rings (SSSR count). The van der Waals surface area contributed by atoms with E-state index >= 15 is 0 Å². The fourth-order valence-electron chi connectivity index (χ4n) is 6.86. The van der Waals surface area contributed by atoms with Crippen LogP contribution in [0.15, 0.2) is 85.0 Å². The van der Waals surface area contributed by atoms with Crippen molar-refractivity contribution in [1.29, 1.82) is 0 Å². The van der Waals surface area contributed by atoms with Gasteiger partial charge in [-0.15, -0.1) is 0 Å². The van der Waals surface area contributed by atoms with E-state index in [9.17, 15) is 19.5 Å². The highest BCUT2D eigenvalue weighted by molar-refractivity contribution is 6.04. The molecule has 8 nitrogen and oxygen atoms in total. The second-order valence-electron chi connectivity index (χ2n) is 11.1. The van der Waals surface area contributed by atoms with Crippen molar-refractivity contribution in [3.8, 4) is 0 Å². The van der Waals surface area contributed by atoms with E-state index in [1.54, 1.807) is 16.7 Å². The summed E-state index contributed by atoms with van der Waals surface area (Å²) in [6.07, 6.45) is 7.49. The number of hydrogen-bond acceptors (Lipinski definition) is 5. The van der Waals surface area contributed by atoms with Crippen LogP contribution in [0.25, 0.3) is 0 Å². The van der Waals surface area contributed by atoms with Crippen LogP contribution in [0.3, 0.4) is 0 Å². The molecule has 2 fully saturated rings. The highest BCUT2D eigenvalue weighted by atomic mass is 16.5. The fourth-order valence-corrected chi connectivity index (χ4v) is 6.86. The quantitative estimate of drug-likeness (QED) is 0.604. The Morgan fingerprint density at radius 3 is 2.26 bits per heavy atom. The predicted octanol–water partition coefficient (Wildman–Crippen LogP) is 2.54. The molecular weight excluding hydrogens is 494 g/mol. The molecule has 39 heavy (non-hydrogen) atoms. The molecule has 6 atom stereocenters. The number of amides is 3. The molecule has 1 spiro atoms. The minimum atomic E-state index is -1.35. The Bertz CT molecular complexity index is 1340. The van der Waals surface area contributed by atoms with Crippen LogP contribution < -0.4 is 4.90 Å². The van der Waals surface area contributed by atoms with E-state index in [2.05, 4.69) is 0 Å². The van der Waals surface area contributed by atoms with Crippen LogP contribution in [0.1, 0.15) is 19.4 Å². The van der Waals surface area contributed by atoms with Crippen molar-refractivity contribution in [1.82, 2.24) is 9.80 Å². The molecule has 2 aromatic rings. The van der Waals surface area contributed by atoms with Gasteiger partial charge in [0.25, 0.3) is 0 Å². The minimum absolute atomic E-state index is 0.215. The van der Waals surface area contributed by atoms with Crippen LogP contribution >= 0.6 is 0 Å². The Balaban J connectivity index is 1.45. The summed E-state index contributed by atoms with van der Waals surface area (Å²) in [6.45, 7) is 4.32. The summed E-state index contributed by atoms with van der Waals surface area (Å²) < 4.78 is 6.83. The molecule has 202 valence electrons. The zero-order valence-electron chi connectivity index (χ0n) is 22.1. The van der Waals surface area contributed by atoms with E-state index in [1.807, 2.05) is 91.9 Å². The molecule has 4 aliphatic rings. The number of nitrogens with zero attached hydrogens (tertiary/aromatic N) is 3. The molecule has 0 bridgehead atoms. The first-order valence-electron chi connectivity index (χ1n) is 13.5. The highest BCUT2D eigenvalue weighted by Gasteiger charge is 2.75. The van der Waals surface area contributed by atoms with Crippen LogP contribution in [-0.4, -0.2) is 75.6 Å². The number of rotatable bonds is 5. The first-order chi connectivity index (χ1) is 18.8. The molecule has 1 N–H and O–H groups in total. The molecule has 4 aliphatic heterocycles. The number of aliphatic hydroxyl groups excluding tert-OH is 1. The summed E-state index contributed by atoms with van der Waals surface area (Å²) in [5, 5.41) is 10.1. The van der Waals surface area contributed by atoms with Crippen LogP contribution in [0, 0.1) is 11.8 Å². The highest BCUT2D eigenvalue weighted by Crippen LogP contribution is 2.58. The number of fused-ring (bicyclic) bond motifs is 2. The number of aliphatic hydroxyl groups is 1. The summed E-state index contributed by atoms with van der Waals surface area (Å²) in [5.74, 6) is -2.57. The Morgan fingerprint density at radius 1 is 0.897 bits per heavy atom. The molecule has 8 heteroatoms. The lowest BCUT2D eigenvalue weighted by Gasteiger charge is -2.39. The summed E-state index contributed by atoms with van der Waals surface area (Å²) in [7, 11) is 0. The minimum Gasteiger partial charge on any atom is -0.394 e. The zero-order chi connectivity index (χ0) is 27.4. The van der Waals surface area contributed by atoms with E-state index in [0.717, 1.165) is 11.3 Å². The van der Waals surface area contributed by atoms with Crippen LogP contribution in [-0.2, 0) is 25.7 Å². The van der Waals surface area contributed by atoms with Gasteiger partial charge in [0.05, 0.1) is 30.1 Å². The van der Waals surface area contributed by atoms with Crippen molar-refractivity contribution >= 4 is 23.4 Å². The number of anilines is 1. The molecule has 0 aromatic heterocycles. The molecule has 4 heterocycles. The standard InChI is InChI=1S/C31H33N3O5/c1-21(20-35)34-26-29(38)32(19-22-11-5-3-6-12-22)17-10-16-31(26)25(28(34)37)24-27(36)33(23-13-7-4-8-14-23)18-9-15-30(24,2)39-31/h3-16,21,24-26,35H,17-20H2,1-2H3/t21-,24-,25+,26?,30+,31+/m1/s1. The number of ether oxygens (including phenoxy) is 1. The van der Waals surface area contributed by atoms with E-state index in [1.165, 1.54) is 4.90 Å². The molecular formula is C31H33N3O5. The van der Waals surface area contributed by atoms with Crippen LogP contribution in [0.2, 0.25) is 0 Å². The third-order valence-electron chi connectivity index (χ3n) is 8.60. The molecule has 2 aromatic carbocycles. The lowest BCUT2D eigenvalue weighted by Crippen LogP contribution is -2.58. The third-order valence-corrected chi connectivity index (χ3v) is 8.60. The van der Waals surface area contributed by atoms with Crippen LogP contribution in [0.4, 0.5) is 5.69 Å². The maximum atomic E-state index is 14.3. The van der Waals surface area contributed by atoms with Gasteiger partial charge in [0.1, 0.15) is 11.6 Å². The van der Waals surface area contributed by atoms with Gasteiger partial charge >= 0.3 is 0 Å². The number of benzene rings is 2. The van der Waals surface area contributed by atoms with E-state index < -0.39 is 35.1 Å². The molecule has 1 unspecified atom stereocenters. The van der Waals surface area contributed by atoms with Gasteiger partial charge in [-0.25, -0.2) is 0 Å². The van der Waals surface area contributed by atoms with Crippen molar-refractivity contribution in [3.63, 3.8) is 0 Å². The largest absolute Gasteiger partial charge is 0.394 e. The number of hydrogen-bond donors (Lipinski definition) is 1. The van der Waals surface area contributed by atoms with Crippen molar-refractivity contribution in [2.45, 2.75) is 43.7 Å². The van der Waals surface area contributed by atoms with Crippen molar-refractivity contribution in [2.75, 3.05) is 24.6 Å². The number of carbonyl (C=O) groups is 3. The smallest absolute Gasteiger partial charge is 0.249 e. The first-order valence-corrected chi connectivity index (χ1v) is 13.5. The van der Waals surface area contributed by atoms with Gasteiger partial charge in [0.15, 0.2) is 0 Å². The van der Waals surface area contributed by atoms with Crippen molar-refractivity contribution in [3.05, 3.63) is 90.5 Å². The van der Waals surface area contributed by atoms with E-state index in [4.69, 9.17) is 4.74 Å². The summed E-state index contributed by atoms with van der Waals surface area (Å²) >= 11 is 0. The normalized spacial score (nSPS) is 32.5. The Labute approximate surface area is 228 Å². The first kappa shape index (κ1) is 25.5. The van der Waals surface area contributed by atoms with Gasteiger partial charge < -0.3 is 24.5 Å². The Morgan fingerprint density at radius 2 is 1.56 bits per heavy atom. The predicted molar refractivity (Wildman–Crippen MR) is 145 cm³/mol. The average Bonchev–Trinajstić information content (AvgIpc) is 3.23. The topological polar surface area (TPSA) is 90.4 Å².